The van der Waals surface area contributed by atoms with Crippen LogP contribution in [-0.4, -0.2) is 101 Å². The molecule has 1 aromatic carbocycles. The summed E-state index contributed by atoms with van der Waals surface area (Å²) in [6, 6.07) is 9.71. The first-order valence-electron chi connectivity index (χ1n) is 15.0. The maximum atomic E-state index is 12.6. The molecule has 3 amide bonds. The van der Waals surface area contributed by atoms with Crippen LogP contribution < -0.4 is 21.7 Å². The predicted molar refractivity (Wildman–Crippen MR) is 159 cm³/mol. The lowest BCUT2D eigenvalue weighted by Crippen LogP contribution is -2.54. The number of likely N-dealkylation sites (tertiary alicyclic amines) is 1. The number of piperidine rings is 2. The summed E-state index contributed by atoms with van der Waals surface area (Å²) in [6.45, 7) is 7.58. The maximum Gasteiger partial charge on any atom is 0.320 e. The number of hydrogen-bond donors (Lipinski definition) is 3. The van der Waals surface area contributed by atoms with Crippen molar-refractivity contribution >= 4 is 29.3 Å². The molecule has 5 N–H and O–H groups in total. The van der Waals surface area contributed by atoms with E-state index in [-0.39, 0.29) is 23.2 Å². The first-order valence-corrected chi connectivity index (χ1v) is 15.0. The summed E-state index contributed by atoms with van der Waals surface area (Å²) in [5, 5.41) is 3.30. The molecule has 11 heteroatoms. The van der Waals surface area contributed by atoms with Gasteiger partial charge in [0.2, 0.25) is 0 Å². The van der Waals surface area contributed by atoms with Gasteiger partial charge >= 0.3 is 6.03 Å². The molecule has 1 aromatic heterocycles. The number of urea groups is 1. The van der Waals surface area contributed by atoms with E-state index in [0.29, 0.717) is 30.3 Å². The third-order valence-electron chi connectivity index (χ3n) is 9.82. The van der Waals surface area contributed by atoms with E-state index in [9.17, 15) is 9.59 Å². The van der Waals surface area contributed by atoms with Crippen molar-refractivity contribution in [3.8, 4) is 0 Å². The van der Waals surface area contributed by atoms with E-state index in [0.717, 1.165) is 76.9 Å². The average molecular weight is 562 g/mol. The molecule has 4 aliphatic rings. The lowest BCUT2D eigenvalue weighted by molar-refractivity contribution is 0.0663. The van der Waals surface area contributed by atoms with Gasteiger partial charge in [0.05, 0.1) is 12.2 Å². The number of aromatic nitrogens is 2. The van der Waals surface area contributed by atoms with Gasteiger partial charge in [-0.2, -0.15) is 0 Å². The van der Waals surface area contributed by atoms with Crippen LogP contribution in [0, 0.1) is 0 Å². The lowest BCUT2D eigenvalue weighted by atomic mass is 9.73. The number of primary amides is 1. The van der Waals surface area contributed by atoms with E-state index in [1.54, 1.807) is 11.1 Å². The minimum atomic E-state index is -0.628. The fraction of sp³-hybridized carbons (Fsp3) is 0.600. The molecule has 3 aliphatic heterocycles. The number of carbonyl (C=O) groups is 2. The molecule has 0 bridgehead atoms. The Labute approximate surface area is 242 Å². The maximum absolute atomic E-state index is 12.6. The Kier molecular flexibility index (Phi) is 7.50. The van der Waals surface area contributed by atoms with Crippen molar-refractivity contribution in [3.05, 3.63) is 41.7 Å². The predicted octanol–water partition coefficient (Wildman–Crippen LogP) is 2.50. The highest BCUT2D eigenvalue weighted by Gasteiger charge is 2.38. The van der Waals surface area contributed by atoms with Gasteiger partial charge in [-0.1, -0.05) is 19.1 Å². The molecule has 3 saturated heterocycles. The fourth-order valence-electron chi connectivity index (χ4n) is 6.92. The SMILES string of the molecule is CN1CCN(C2CCCN(c3cnc(C(N)=O)c(Nc4ccc(C5(C)CCN(C6CC(N)C6)CC5)cc4)n3)C2)C1=O. The second-order valence-corrected chi connectivity index (χ2v) is 12.6. The molecule has 220 valence electrons. The fourth-order valence-corrected chi connectivity index (χ4v) is 6.92. The quantitative estimate of drug-likeness (QED) is 0.469. The van der Waals surface area contributed by atoms with Crippen molar-refractivity contribution in [1.82, 2.24) is 24.7 Å². The van der Waals surface area contributed by atoms with Gasteiger partial charge < -0.3 is 36.4 Å². The van der Waals surface area contributed by atoms with Crippen molar-refractivity contribution < 1.29 is 9.59 Å². The molecular weight excluding hydrogens is 518 g/mol. The van der Waals surface area contributed by atoms with Crippen LogP contribution in [0.2, 0.25) is 0 Å². The number of hydrogen-bond acceptors (Lipinski definition) is 8. The summed E-state index contributed by atoms with van der Waals surface area (Å²) in [4.78, 5) is 42.5. The minimum Gasteiger partial charge on any atom is -0.364 e. The van der Waals surface area contributed by atoms with Crippen molar-refractivity contribution in [2.45, 2.75) is 69.0 Å². The Morgan fingerprint density at radius 2 is 1.78 bits per heavy atom. The number of nitrogens with two attached hydrogens (primary N) is 2. The molecule has 1 saturated carbocycles. The van der Waals surface area contributed by atoms with E-state index < -0.39 is 5.91 Å². The van der Waals surface area contributed by atoms with Crippen LogP contribution in [0.15, 0.2) is 30.5 Å². The molecule has 1 unspecified atom stereocenters. The highest BCUT2D eigenvalue weighted by molar-refractivity contribution is 5.96. The topological polar surface area (TPSA) is 137 Å². The average Bonchev–Trinajstić information content (AvgIpc) is 3.30. The molecule has 4 heterocycles. The number of anilines is 3. The first kappa shape index (κ1) is 27.7. The molecule has 41 heavy (non-hydrogen) atoms. The van der Waals surface area contributed by atoms with Crippen molar-refractivity contribution in [3.63, 3.8) is 0 Å². The van der Waals surface area contributed by atoms with Gasteiger partial charge in [-0.3, -0.25) is 4.79 Å². The highest BCUT2D eigenvalue weighted by atomic mass is 16.2. The largest absolute Gasteiger partial charge is 0.364 e. The number of rotatable bonds is 7. The second-order valence-electron chi connectivity index (χ2n) is 12.6. The second kappa shape index (κ2) is 11.1. The number of likely N-dealkylation sites (N-methyl/N-ethyl adjacent to an activating group) is 1. The molecule has 11 nitrogen and oxygen atoms in total. The molecule has 1 atom stereocenters. The summed E-state index contributed by atoms with van der Waals surface area (Å²) in [5.41, 5.74) is 14.1. The zero-order valence-corrected chi connectivity index (χ0v) is 24.3. The normalized spacial score (nSPS) is 26.7. The van der Waals surface area contributed by atoms with Crippen molar-refractivity contribution in [2.24, 2.45) is 11.5 Å². The molecule has 0 spiro atoms. The Hall–Kier alpha value is -3.44. The smallest absolute Gasteiger partial charge is 0.320 e. The van der Waals surface area contributed by atoms with Gasteiger partial charge in [0.25, 0.3) is 5.91 Å². The molecule has 0 radical (unpaired) electrons. The molecule has 1 aliphatic carbocycles. The Balaban J connectivity index is 1.14. The van der Waals surface area contributed by atoms with Crippen LogP contribution in [0.5, 0.6) is 0 Å². The number of amides is 3. The van der Waals surface area contributed by atoms with Crippen LogP contribution >= 0.6 is 0 Å². The summed E-state index contributed by atoms with van der Waals surface area (Å²) < 4.78 is 0. The lowest BCUT2D eigenvalue weighted by Gasteiger charge is -2.47. The van der Waals surface area contributed by atoms with Gasteiger partial charge in [0.15, 0.2) is 11.5 Å². The zero-order chi connectivity index (χ0) is 28.7. The van der Waals surface area contributed by atoms with Gasteiger partial charge in [-0.15, -0.1) is 0 Å². The van der Waals surface area contributed by atoms with Crippen molar-refractivity contribution in [2.75, 3.05) is 56.5 Å². The number of nitrogens with one attached hydrogen (secondary N) is 1. The third kappa shape index (κ3) is 5.57. The zero-order valence-electron chi connectivity index (χ0n) is 24.3. The minimum absolute atomic E-state index is 0.0836. The Morgan fingerprint density at radius 1 is 1.05 bits per heavy atom. The van der Waals surface area contributed by atoms with E-state index in [2.05, 4.69) is 39.2 Å². The van der Waals surface area contributed by atoms with E-state index in [4.69, 9.17) is 16.5 Å². The first-order chi connectivity index (χ1) is 19.7. The van der Waals surface area contributed by atoms with E-state index in [1.807, 2.05) is 24.1 Å². The summed E-state index contributed by atoms with van der Waals surface area (Å²) in [7, 11) is 1.84. The summed E-state index contributed by atoms with van der Waals surface area (Å²) in [5.74, 6) is 0.391. The monoisotopic (exact) mass is 561 g/mol. The van der Waals surface area contributed by atoms with Crippen molar-refractivity contribution in [1.29, 1.82) is 0 Å². The summed E-state index contributed by atoms with van der Waals surface area (Å²) in [6.07, 6.45) is 8.03. The molecular formula is C30H43N9O2. The van der Waals surface area contributed by atoms with E-state index in [1.165, 1.54) is 5.56 Å². The molecule has 6 rings (SSSR count). The van der Waals surface area contributed by atoms with E-state index >= 15 is 0 Å². The van der Waals surface area contributed by atoms with Crippen LogP contribution in [0.1, 0.15) is 61.5 Å². The van der Waals surface area contributed by atoms with Crippen LogP contribution in [0.25, 0.3) is 0 Å². The van der Waals surface area contributed by atoms with Crippen LogP contribution in [-0.2, 0) is 5.41 Å². The van der Waals surface area contributed by atoms with Gasteiger partial charge in [-0.05, 0) is 74.7 Å². The molecule has 2 aromatic rings. The summed E-state index contributed by atoms with van der Waals surface area (Å²) >= 11 is 0. The molecule has 4 fully saturated rings. The Bertz CT molecular complexity index is 1270. The van der Waals surface area contributed by atoms with Gasteiger partial charge in [0, 0.05) is 51.0 Å². The van der Waals surface area contributed by atoms with Crippen LogP contribution in [0.4, 0.5) is 22.1 Å². The highest BCUT2D eigenvalue weighted by Crippen LogP contribution is 2.38. The van der Waals surface area contributed by atoms with Gasteiger partial charge in [0.1, 0.15) is 5.82 Å². The number of benzene rings is 1. The Morgan fingerprint density at radius 3 is 2.41 bits per heavy atom. The van der Waals surface area contributed by atoms with Crippen LogP contribution in [0.3, 0.4) is 0 Å². The third-order valence-corrected chi connectivity index (χ3v) is 9.82. The number of nitrogens with zero attached hydrogens (tertiary/aromatic N) is 6. The standard InChI is InChI=1S/C30H43N9O2/c1-30(9-12-37(13-10-30)24-16-21(31)17-24)20-5-7-22(8-6-20)34-28-26(27(32)40)33-18-25(35-28)38-11-3-4-23(19-38)39-15-14-36(2)29(39)41/h5-8,18,21,23-24H,3-4,9-17,19,31H2,1-2H3,(H2,32,40)(H,34,35). The number of carbonyl (C=O) groups excluding carboxylic acids is 2. The van der Waals surface area contributed by atoms with Gasteiger partial charge in [-0.25, -0.2) is 14.8 Å².